The van der Waals surface area contributed by atoms with E-state index in [2.05, 4.69) is 0 Å². The molecule has 0 unspecified atom stereocenters. The second-order valence-corrected chi connectivity index (χ2v) is 5.03. The molecule has 0 heterocycles. The maximum atomic E-state index is 12.4. The van der Waals surface area contributed by atoms with Crippen LogP contribution in [0.1, 0.15) is 16.7 Å². The molecule has 0 bridgehead atoms. The highest BCUT2D eigenvalue weighted by Gasteiger charge is 2.29. The topological polar surface area (TPSA) is 0 Å². The molecule has 0 spiro atoms. The number of hydrogen-bond donors (Lipinski definition) is 0. The Labute approximate surface area is 124 Å². The van der Waals surface area contributed by atoms with Crippen LogP contribution in [0.4, 0.5) is 13.2 Å². The summed E-state index contributed by atoms with van der Waals surface area (Å²) in [7, 11) is 0. The Morgan fingerprint density at radius 3 is 1.75 bits per heavy atom. The van der Waals surface area contributed by atoms with E-state index in [-0.39, 0.29) is 0 Å². The summed E-state index contributed by atoms with van der Waals surface area (Å²) in [5.74, 6) is 0. The fourth-order valence-corrected chi connectivity index (χ4v) is 2.19. The standard InChI is InChI=1S/C15H9Cl2F3/c16-13-7-11(8-14(17)9-13)2-1-10-3-5-12(6-4-10)15(18,19)20/h1-9H. The molecule has 0 atom stereocenters. The van der Waals surface area contributed by atoms with Crippen LogP contribution in [-0.2, 0) is 6.18 Å². The first-order valence-corrected chi connectivity index (χ1v) is 6.41. The molecule has 0 saturated heterocycles. The molecule has 0 N–H and O–H groups in total. The second-order valence-electron chi connectivity index (χ2n) is 4.16. The van der Waals surface area contributed by atoms with E-state index in [1.807, 2.05) is 0 Å². The summed E-state index contributed by atoms with van der Waals surface area (Å²) in [6.45, 7) is 0. The molecule has 2 rings (SSSR count). The first kappa shape index (κ1) is 14.9. The summed E-state index contributed by atoms with van der Waals surface area (Å²) < 4.78 is 37.2. The zero-order chi connectivity index (χ0) is 14.8. The Morgan fingerprint density at radius 1 is 0.750 bits per heavy atom. The van der Waals surface area contributed by atoms with Crippen molar-refractivity contribution in [3.63, 3.8) is 0 Å². The normalized spacial score (nSPS) is 12.1. The van der Waals surface area contributed by atoms with E-state index >= 15 is 0 Å². The number of rotatable bonds is 2. The molecule has 0 aliphatic heterocycles. The lowest BCUT2D eigenvalue weighted by Crippen LogP contribution is -2.03. The number of alkyl halides is 3. The van der Waals surface area contributed by atoms with Gasteiger partial charge in [0.1, 0.15) is 0 Å². The van der Waals surface area contributed by atoms with E-state index in [1.165, 1.54) is 12.1 Å². The highest BCUT2D eigenvalue weighted by Crippen LogP contribution is 2.29. The minimum Gasteiger partial charge on any atom is -0.166 e. The van der Waals surface area contributed by atoms with Crippen LogP contribution in [0.5, 0.6) is 0 Å². The highest BCUT2D eigenvalue weighted by molar-refractivity contribution is 6.34. The maximum absolute atomic E-state index is 12.4. The average molecular weight is 317 g/mol. The van der Waals surface area contributed by atoms with Crippen LogP contribution < -0.4 is 0 Å². The van der Waals surface area contributed by atoms with Crippen molar-refractivity contribution >= 4 is 35.4 Å². The van der Waals surface area contributed by atoms with E-state index in [0.717, 1.165) is 17.7 Å². The van der Waals surface area contributed by atoms with E-state index in [4.69, 9.17) is 23.2 Å². The molecular weight excluding hydrogens is 308 g/mol. The van der Waals surface area contributed by atoms with Gasteiger partial charge in [0.05, 0.1) is 5.56 Å². The summed E-state index contributed by atoms with van der Waals surface area (Å²) in [6.07, 6.45) is -0.884. The minimum atomic E-state index is -4.32. The Morgan fingerprint density at radius 2 is 1.25 bits per heavy atom. The van der Waals surface area contributed by atoms with Crippen molar-refractivity contribution in [3.8, 4) is 0 Å². The van der Waals surface area contributed by atoms with Crippen LogP contribution in [0.2, 0.25) is 10.0 Å². The second kappa shape index (κ2) is 5.90. The SMILES string of the molecule is FC(F)(F)c1ccc(C=Cc2cc(Cl)cc(Cl)c2)cc1. The molecule has 0 nitrogen and oxygen atoms in total. The van der Waals surface area contributed by atoms with Gasteiger partial charge < -0.3 is 0 Å². The van der Waals surface area contributed by atoms with Gasteiger partial charge in [0.2, 0.25) is 0 Å². The predicted octanol–water partition coefficient (Wildman–Crippen LogP) is 6.18. The lowest BCUT2D eigenvalue weighted by Gasteiger charge is -2.05. The first-order chi connectivity index (χ1) is 9.34. The number of halogens is 5. The molecular formula is C15H9Cl2F3. The van der Waals surface area contributed by atoms with Gasteiger partial charge in [-0.25, -0.2) is 0 Å². The molecule has 20 heavy (non-hydrogen) atoms. The van der Waals surface area contributed by atoms with Crippen molar-refractivity contribution in [3.05, 3.63) is 69.2 Å². The van der Waals surface area contributed by atoms with E-state index < -0.39 is 11.7 Å². The van der Waals surface area contributed by atoms with Gasteiger partial charge in [0.25, 0.3) is 0 Å². The smallest absolute Gasteiger partial charge is 0.166 e. The molecule has 2 aromatic rings. The van der Waals surface area contributed by atoms with Gasteiger partial charge in [-0.05, 0) is 41.5 Å². The largest absolute Gasteiger partial charge is 0.416 e. The third kappa shape index (κ3) is 4.02. The third-order valence-electron chi connectivity index (χ3n) is 2.59. The first-order valence-electron chi connectivity index (χ1n) is 5.66. The van der Waals surface area contributed by atoms with Crippen LogP contribution >= 0.6 is 23.2 Å². The summed E-state index contributed by atoms with van der Waals surface area (Å²) in [6, 6.07) is 9.95. The number of hydrogen-bond acceptors (Lipinski definition) is 0. The fourth-order valence-electron chi connectivity index (χ4n) is 1.65. The van der Waals surface area contributed by atoms with Gasteiger partial charge in [-0.2, -0.15) is 13.2 Å². The minimum absolute atomic E-state index is 0.504. The maximum Gasteiger partial charge on any atom is 0.416 e. The van der Waals surface area contributed by atoms with Crippen LogP contribution in [0.15, 0.2) is 42.5 Å². The number of benzene rings is 2. The summed E-state index contributed by atoms with van der Waals surface area (Å²) in [5, 5.41) is 1.01. The van der Waals surface area contributed by atoms with Crippen molar-refractivity contribution in [2.24, 2.45) is 0 Å². The molecule has 0 radical (unpaired) electrons. The van der Waals surface area contributed by atoms with Gasteiger partial charge >= 0.3 is 6.18 Å². The van der Waals surface area contributed by atoms with Crippen molar-refractivity contribution in [2.45, 2.75) is 6.18 Å². The highest BCUT2D eigenvalue weighted by atomic mass is 35.5. The van der Waals surface area contributed by atoms with E-state index in [1.54, 1.807) is 30.4 Å². The molecule has 0 aliphatic rings. The Hall–Kier alpha value is -1.45. The Balaban J connectivity index is 2.19. The molecule has 0 fully saturated rings. The summed E-state index contributed by atoms with van der Waals surface area (Å²) >= 11 is 11.7. The zero-order valence-corrected chi connectivity index (χ0v) is 11.6. The summed E-state index contributed by atoms with van der Waals surface area (Å²) in [4.78, 5) is 0. The van der Waals surface area contributed by atoms with Gasteiger partial charge in [-0.15, -0.1) is 0 Å². The van der Waals surface area contributed by atoms with Crippen molar-refractivity contribution < 1.29 is 13.2 Å². The van der Waals surface area contributed by atoms with E-state index in [9.17, 15) is 13.2 Å². The Bertz CT molecular complexity index is 608. The lowest BCUT2D eigenvalue weighted by atomic mass is 10.1. The van der Waals surface area contributed by atoms with Crippen LogP contribution in [0.25, 0.3) is 12.2 Å². The van der Waals surface area contributed by atoms with Gasteiger partial charge in [-0.1, -0.05) is 47.5 Å². The molecule has 5 heteroatoms. The molecule has 104 valence electrons. The van der Waals surface area contributed by atoms with Crippen LogP contribution in [-0.4, -0.2) is 0 Å². The van der Waals surface area contributed by atoms with Gasteiger partial charge in [0.15, 0.2) is 0 Å². The molecule has 0 amide bonds. The van der Waals surface area contributed by atoms with Gasteiger partial charge in [0, 0.05) is 10.0 Å². The predicted molar refractivity (Wildman–Crippen MR) is 76.8 cm³/mol. The molecule has 0 saturated carbocycles. The van der Waals surface area contributed by atoms with Crippen LogP contribution in [0, 0.1) is 0 Å². The van der Waals surface area contributed by atoms with Crippen molar-refractivity contribution in [1.29, 1.82) is 0 Å². The molecule has 2 aromatic carbocycles. The third-order valence-corrected chi connectivity index (χ3v) is 3.03. The molecule has 0 aromatic heterocycles. The monoisotopic (exact) mass is 316 g/mol. The quantitative estimate of drug-likeness (QED) is 0.580. The van der Waals surface area contributed by atoms with E-state index in [0.29, 0.717) is 15.6 Å². The van der Waals surface area contributed by atoms with Crippen LogP contribution in [0.3, 0.4) is 0 Å². The summed E-state index contributed by atoms with van der Waals surface area (Å²) in [5.41, 5.74) is 0.775. The fraction of sp³-hybridized carbons (Fsp3) is 0.0667. The Kier molecular flexibility index (Phi) is 4.41. The molecule has 0 aliphatic carbocycles. The van der Waals surface area contributed by atoms with Crippen molar-refractivity contribution in [2.75, 3.05) is 0 Å². The average Bonchev–Trinajstić information content (AvgIpc) is 2.35. The van der Waals surface area contributed by atoms with Gasteiger partial charge in [-0.3, -0.25) is 0 Å². The zero-order valence-electron chi connectivity index (χ0n) is 10.1. The lowest BCUT2D eigenvalue weighted by molar-refractivity contribution is -0.137. The van der Waals surface area contributed by atoms with Crippen molar-refractivity contribution in [1.82, 2.24) is 0 Å².